The number of unbranched alkanes of at least 4 members (excludes halogenated alkanes) is 11. The molecule has 9 heteroatoms. The van der Waals surface area contributed by atoms with E-state index >= 15 is 0 Å². The van der Waals surface area contributed by atoms with Gasteiger partial charge < -0.3 is 10.6 Å². The van der Waals surface area contributed by atoms with Crippen LogP contribution in [0.1, 0.15) is 111 Å². The van der Waals surface area contributed by atoms with Crippen LogP contribution >= 0.6 is 0 Å². The second kappa shape index (κ2) is 32.0. The Balaban J connectivity index is -0.000000266. The molecule has 0 saturated carbocycles. The van der Waals surface area contributed by atoms with E-state index in [9.17, 15) is 13.2 Å². The monoisotopic (exact) mass is 504 g/mol. The average Bonchev–Trinajstić information content (AvgIpc) is 2.70. The topological polar surface area (TPSA) is 110 Å². The van der Waals surface area contributed by atoms with Gasteiger partial charge in [-0.1, -0.05) is 77.4 Å². The zero-order valence-electron chi connectivity index (χ0n) is 21.5. The zero-order chi connectivity index (χ0) is 25.1. The van der Waals surface area contributed by atoms with Gasteiger partial charge in [-0.05, 0) is 59.7 Å². The number of amides is 1. The Morgan fingerprint density at radius 3 is 1.55 bits per heavy atom. The summed E-state index contributed by atoms with van der Waals surface area (Å²) in [6, 6.07) is 0. The summed E-state index contributed by atoms with van der Waals surface area (Å²) < 4.78 is 30.7. The molecule has 0 aliphatic rings. The Bertz CT molecular complexity index is 515. The normalized spacial score (nSPS) is 10.8. The van der Waals surface area contributed by atoms with Crippen LogP contribution in [0.25, 0.3) is 0 Å². The van der Waals surface area contributed by atoms with Gasteiger partial charge in [-0.3, -0.25) is 9.35 Å². The first kappa shape index (κ1) is 40.2. The first-order chi connectivity index (χ1) is 15.1. The molecule has 0 saturated heterocycles. The van der Waals surface area contributed by atoms with Crippen LogP contribution in [0.15, 0.2) is 12.2 Å². The quantitative estimate of drug-likeness (QED) is 0.114. The Morgan fingerprint density at radius 2 is 1.24 bits per heavy atom. The van der Waals surface area contributed by atoms with Crippen LogP contribution in [0.5, 0.6) is 0 Å². The summed E-state index contributed by atoms with van der Waals surface area (Å²) in [4.78, 5) is 12.7. The van der Waals surface area contributed by atoms with Crippen LogP contribution in [0.4, 0.5) is 0 Å². The number of nitrogens with zero attached hydrogens (tertiary/aromatic N) is 1. The van der Waals surface area contributed by atoms with Crippen LogP contribution in [0.3, 0.4) is 0 Å². The molecular weight excluding hydrogens is 451 g/mol. The predicted octanol–water partition coefficient (Wildman–Crippen LogP) is 5.25. The second-order valence-corrected chi connectivity index (χ2v) is 9.12. The van der Waals surface area contributed by atoms with Crippen molar-refractivity contribution in [2.45, 2.75) is 111 Å². The molecule has 33 heavy (non-hydrogen) atoms. The van der Waals surface area contributed by atoms with Gasteiger partial charge in [0.05, 0.1) is 6.61 Å². The molecule has 0 unspecified atom stereocenters. The standard InChI is InChI=1S/C18H35NO.C4H11N.C2H6O4S.Na.H/c1-2-3-4-5-6-7-8-9-10-11-12-13-14-15-16-17-18(19)20;1-4-5(2)3;1-2-6-7(3,4)5;;/h9-10H,2-8,11-17H2,1H3,(H2,19,20);4H2,1-3H3;2H2,1H3,(H,3,4,5);;/b10-9-;;;;. The van der Waals surface area contributed by atoms with Crippen molar-refractivity contribution < 1.29 is 21.9 Å². The third-order valence-corrected chi connectivity index (χ3v) is 5.12. The van der Waals surface area contributed by atoms with E-state index in [0.717, 1.165) is 19.4 Å². The van der Waals surface area contributed by atoms with Gasteiger partial charge in [0.1, 0.15) is 0 Å². The Kier molecular flexibility index (Phi) is 39.0. The van der Waals surface area contributed by atoms with Crippen molar-refractivity contribution in [1.29, 1.82) is 0 Å². The maximum absolute atomic E-state index is 10.5. The van der Waals surface area contributed by atoms with Gasteiger partial charge in [-0.2, -0.15) is 8.42 Å². The van der Waals surface area contributed by atoms with Gasteiger partial charge in [0, 0.05) is 6.42 Å². The molecule has 0 atom stereocenters. The molecule has 0 aliphatic heterocycles. The molecule has 1 amide bonds. The second-order valence-electron chi connectivity index (χ2n) is 8.03. The van der Waals surface area contributed by atoms with Crippen molar-refractivity contribution in [3.63, 3.8) is 0 Å². The molecule has 0 aromatic rings. The Morgan fingerprint density at radius 1 is 0.848 bits per heavy atom. The van der Waals surface area contributed by atoms with E-state index < -0.39 is 10.4 Å². The zero-order valence-corrected chi connectivity index (χ0v) is 22.3. The van der Waals surface area contributed by atoms with Gasteiger partial charge in [0.15, 0.2) is 0 Å². The van der Waals surface area contributed by atoms with Crippen LogP contribution in [0, 0.1) is 0 Å². The van der Waals surface area contributed by atoms with Crippen molar-refractivity contribution >= 4 is 45.9 Å². The van der Waals surface area contributed by atoms with Gasteiger partial charge in [-0.25, -0.2) is 4.18 Å². The molecule has 0 aromatic carbocycles. The molecule has 0 aliphatic carbocycles. The summed E-state index contributed by atoms with van der Waals surface area (Å²) in [6.45, 7) is 6.97. The van der Waals surface area contributed by atoms with E-state index in [2.05, 4.69) is 49.2 Å². The van der Waals surface area contributed by atoms with Crippen molar-refractivity contribution in [3.8, 4) is 0 Å². The molecule has 0 rings (SSSR count). The van der Waals surface area contributed by atoms with E-state index in [1.807, 2.05) is 0 Å². The summed E-state index contributed by atoms with van der Waals surface area (Å²) in [6.07, 6.45) is 21.9. The molecule has 0 aromatic heterocycles. The molecule has 0 spiro atoms. The van der Waals surface area contributed by atoms with E-state index in [1.165, 1.54) is 77.6 Å². The average molecular weight is 505 g/mol. The van der Waals surface area contributed by atoms with Crippen LogP contribution < -0.4 is 5.73 Å². The molecular formula is C24H53N2NaO5S. The van der Waals surface area contributed by atoms with Crippen LogP contribution in [0.2, 0.25) is 0 Å². The first-order valence-corrected chi connectivity index (χ1v) is 13.7. The fraction of sp³-hybridized carbons (Fsp3) is 0.875. The summed E-state index contributed by atoms with van der Waals surface area (Å²) in [7, 11) is -0.0631. The predicted molar refractivity (Wildman–Crippen MR) is 143 cm³/mol. The minimum absolute atomic E-state index is 0. The van der Waals surface area contributed by atoms with Crippen LogP contribution in [-0.2, 0) is 19.4 Å². The van der Waals surface area contributed by atoms with E-state index in [0.29, 0.717) is 6.42 Å². The van der Waals surface area contributed by atoms with Crippen molar-refractivity contribution in [2.24, 2.45) is 5.73 Å². The van der Waals surface area contributed by atoms with Crippen molar-refractivity contribution in [2.75, 3.05) is 27.2 Å². The van der Waals surface area contributed by atoms with Gasteiger partial charge in [0.2, 0.25) is 5.91 Å². The number of carbonyl (C=O) groups is 1. The SMILES string of the molecule is CCCCCCCC/C=C\CCCCCCCC(N)=O.CCN(C)C.CCOS(=O)(=O)O.[NaH]. The van der Waals surface area contributed by atoms with E-state index in [1.54, 1.807) is 0 Å². The number of hydrogen-bond donors (Lipinski definition) is 2. The Labute approximate surface area is 227 Å². The fourth-order valence-corrected chi connectivity index (χ4v) is 2.82. The number of nitrogens with two attached hydrogens (primary N) is 1. The third-order valence-electron chi connectivity index (χ3n) is 4.58. The van der Waals surface area contributed by atoms with Crippen LogP contribution in [-0.4, -0.2) is 80.6 Å². The fourth-order valence-electron chi connectivity index (χ4n) is 2.52. The maximum atomic E-state index is 10.5. The minimum atomic E-state index is -4.17. The summed E-state index contributed by atoms with van der Waals surface area (Å²) in [5, 5.41) is 0. The van der Waals surface area contributed by atoms with E-state index in [-0.39, 0.29) is 42.1 Å². The molecule has 7 nitrogen and oxygen atoms in total. The number of primary amides is 1. The number of allylic oxidation sites excluding steroid dienone is 2. The van der Waals surface area contributed by atoms with Gasteiger partial charge in [-0.15, -0.1) is 0 Å². The number of hydrogen-bond acceptors (Lipinski definition) is 5. The molecule has 0 heterocycles. The number of rotatable bonds is 18. The van der Waals surface area contributed by atoms with E-state index in [4.69, 9.17) is 10.3 Å². The van der Waals surface area contributed by atoms with Crippen molar-refractivity contribution in [3.05, 3.63) is 12.2 Å². The summed E-state index contributed by atoms with van der Waals surface area (Å²) >= 11 is 0. The van der Waals surface area contributed by atoms with Gasteiger partial charge >= 0.3 is 40.0 Å². The van der Waals surface area contributed by atoms with Gasteiger partial charge in [0.25, 0.3) is 0 Å². The Hall–Kier alpha value is 0.0400. The molecule has 196 valence electrons. The molecule has 3 N–H and O–H groups in total. The number of carbonyl (C=O) groups excluding carboxylic acids is 1. The van der Waals surface area contributed by atoms with Crippen molar-refractivity contribution in [1.82, 2.24) is 4.90 Å². The molecule has 0 bridgehead atoms. The third kappa shape index (κ3) is 54.5. The summed E-state index contributed by atoms with van der Waals surface area (Å²) in [5.41, 5.74) is 5.10. The first-order valence-electron chi connectivity index (χ1n) is 12.3. The molecule has 0 fully saturated rings. The summed E-state index contributed by atoms with van der Waals surface area (Å²) in [5.74, 6) is -0.164. The molecule has 0 radical (unpaired) electrons.